The Bertz CT molecular complexity index is 1120. The van der Waals surface area contributed by atoms with Crippen molar-refractivity contribution in [2.24, 2.45) is 5.92 Å². The van der Waals surface area contributed by atoms with Crippen LogP contribution in [0, 0.1) is 5.92 Å². The van der Waals surface area contributed by atoms with Crippen molar-refractivity contribution < 1.29 is 4.74 Å². The molecule has 1 saturated carbocycles. The summed E-state index contributed by atoms with van der Waals surface area (Å²) < 4.78 is 6.41. The lowest BCUT2D eigenvalue weighted by Gasteiger charge is -2.46. The van der Waals surface area contributed by atoms with Crippen molar-refractivity contribution in [3.05, 3.63) is 75.7 Å². The summed E-state index contributed by atoms with van der Waals surface area (Å²) in [7, 11) is 0. The number of fused-ring (bicyclic) bond motifs is 1. The van der Waals surface area contributed by atoms with Crippen molar-refractivity contribution >= 4 is 22.4 Å². The van der Waals surface area contributed by atoms with Crippen molar-refractivity contribution in [2.45, 2.75) is 70.4 Å². The Kier molecular flexibility index (Phi) is 7.45. The van der Waals surface area contributed by atoms with Gasteiger partial charge in [0.1, 0.15) is 5.75 Å². The molecule has 2 aromatic carbocycles. The summed E-state index contributed by atoms with van der Waals surface area (Å²) in [6.07, 6.45) is 6.94. The third kappa shape index (κ3) is 5.12. The average molecular weight is 467 g/mol. The molecule has 5 heteroatoms. The van der Waals surface area contributed by atoms with Crippen LogP contribution in [0.2, 0.25) is 5.02 Å². The maximum atomic E-state index is 12.1. The van der Waals surface area contributed by atoms with Gasteiger partial charge in [-0.05, 0) is 73.7 Å². The number of hydrogen-bond donors (Lipinski definition) is 2. The molecule has 1 atom stereocenters. The van der Waals surface area contributed by atoms with E-state index in [1.165, 1.54) is 5.56 Å². The largest absolute Gasteiger partial charge is 0.489 e. The monoisotopic (exact) mass is 466 g/mol. The van der Waals surface area contributed by atoms with E-state index in [2.05, 4.69) is 61.4 Å². The fraction of sp³-hybridized carbons (Fsp3) is 0.464. The first kappa shape index (κ1) is 23.8. The van der Waals surface area contributed by atoms with Gasteiger partial charge in [0, 0.05) is 23.0 Å². The van der Waals surface area contributed by atoms with Crippen LogP contribution >= 0.6 is 11.6 Å². The van der Waals surface area contributed by atoms with Crippen LogP contribution in [0.4, 0.5) is 0 Å². The van der Waals surface area contributed by atoms with E-state index in [9.17, 15) is 4.79 Å². The minimum Gasteiger partial charge on any atom is -0.489 e. The van der Waals surface area contributed by atoms with Gasteiger partial charge in [-0.15, -0.1) is 0 Å². The molecule has 0 aliphatic heterocycles. The van der Waals surface area contributed by atoms with Crippen LogP contribution in [0.1, 0.15) is 58.4 Å². The zero-order valence-corrected chi connectivity index (χ0v) is 20.6. The number of rotatable bonds is 8. The van der Waals surface area contributed by atoms with E-state index in [1.54, 1.807) is 12.3 Å². The molecule has 4 nitrogen and oxygen atoms in total. The van der Waals surface area contributed by atoms with Crippen molar-refractivity contribution in [3.63, 3.8) is 0 Å². The van der Waals surface area contributed by atoms with Gasteiger partial charge in [0.05, 0.1) is 11.1 Å². The molecule has 0 amide bonds. The first-order chi connectivity index (χ1) is 15.9. The van der Waals surface area contributed by atoms with Crippen LogP contribution < -0.4 is 15.6 Å². The predicted octanol–water partition coefficient (Wildman–Crippen LogP) is 6.47. The Morgan fingerprint density at radius 1 is 1.15 bits per heavy atom. The summed E-state index contributed by atoms with van der Waals surface area (Å²) >= 11 is 6.50. The Balaban J connectivity index is 1.55. The maximum absolute atomic E-state index is 12.1. The van der Waals surface area contributed by atoms with Gasteiger partial charge in [0.15, 0.2) is 0 Å². The highest BCUT2D eigenvalue weighted by Crippen LogP contribution is 2.44. The van der Waals surface area contributed by atoms with Gasteiger partial charge in [-0.3, -0.25) is 4.79 Å². The fourth-order valence-corrected chi connectivity index (χ4v) is 5.61. The SMILES string of the molecule is CCC(NCC(C)C)C1(c2ccccc2)CCC(Oc2cc3cc[nH]c(=O)c3cc2Cl)CC1. The number of halogens is 1. The van der Waals surface area contributed by atoms with Gasteiger partial charge in [-0.2, -0.15) is 0 Å². The molecule has 1 unspecified atom stereocenters. The number of nitrogens with one attached hydrogen (secondary N) is 2. The van der Waals surface area contributed by atoms with Gasteiger partial charge in [-0.1, -0.05) is 62.7 Å². The Morgan fingerprint density at radius 3 is 2.55 bits per heavy atom. The Morgan fingerprint density at radius 2 is 1.88 bits per heavy atom. The third-order valence-corrected chi connectivity index (χ3v) is 7.44. The molecule has 1 aromatic heterocycles. The zero-order chi connectivity index (χ0) is 23.4. The lowest BCUT2D eigenvalue weighted by molar-refractivity contribution is 0.0952. The van der Waals surface area contributed by atoms with Crippen LogP contribution in [0.5, 0.6) is 5.75 Å². The van der Waals surface area contributed by atoms with E-state index < -0.39 is 0 Å². The summed E-state index contributed by atoms with van der Waals surface area (Å²) in [5.41, 5.74) is 1.39. The number of hydrogen-bond acceptors (Lipinski definition) is 3. The fourth-order valence-electron chi connectivity index (χ4n) is 5.40. The highest BCUT2D eigenvalue weighted by molar-refractivity contribution is 6.32. The maximum Gasteiger partial charge on any atom is 0.255 e. The minimum absolute atomic E-state index is 0.102. The van der Waals surface area contributed by atoms with Crippen LogP contribution in [-0.2, 0) is 5.41 Å². The first-order valence-corrected chi connectivity index (χ1v) is 12.6. The predicted molar refractivity (Wildman–Crippen MR) is 138 cm³/mol. The van der Waals surface area contributed by atoms with E-state index in [1.807, 2.05) is 12.1 Å². The van der Waals surface area contributed by atoms with E-state index in [0.29, 0.717) is 28.1 Å². The van der Waals surface area contributed by atoms with Gasteiger partial charge in [0.2, 0.25) is 0 Å². The summed E-state index contributed by atoms with van der Waals surface area (Å²) in [5, 5.41) is 5.80. The van der Waals surface area contributed by atoms with Gasteiger partial charge < -0.3 is 15.0 Å². The zero-order valence-electron chi connectivity index (χ0n) is 19.9. The summed E-state index contributed by atoms with van der Waals surface area (Å²) in [6, 6.07) is 16.9. The summed E-state index contributed by atoms with van der Waals surface area (Å²) in [5.74, 6) is 1.28. The molecule has 0 spiro atoms. The second kappa shape index (κ2) is 10.3. The van der Waals surface area contributed by atoms with Crippen LogP contribution in [-0.4, -0.2) is 23.7 Å². The lowest BCUT2D eigenvalue weighted by atomic mass is 9.63. The second-order valence-electron chi connectivity index (χ2n) is 9.78. The van der Waals surface area contributed by atoms with E-state index in [-0.39, 0.29) is 17.1 Å². The van der Waals surface area contributed by atoms with Crippen LogP contribution in [0.25, 0.3) is 10.8 Å². The van der Waals surface area contributed by atoms with E-state index >= 15 is 0 Å². The molecule has 1 heterocycles. The van der Waals surface area contributed by atoms with Crippen LogP contribution in [0.3, 0.4) is 0 Å². The number of benzene rings is 2. The number of pyridine rings is 1. The molecular weight excluding hydrogens is 432 g/mol. The number of H-pyrrole nitrogens is 1. The standard InChI is InChI=1S/C28H35ClN2O2/c1-4-26(31-18-19(2)3)28(21-8-6-5-7-9-21)13-10-22(11-14-28)33-25-16-20-12-15-30-27(32)23(20)17-24(25)29/h5-9,12,15-17,19,22,26,31H,4,10-11,13-14,18H2,1-3H3,(H,30,32). The summed E-state index contributed by atoms with van der Waals surface area (Å²) in [4.78, 5) is 14.8. The molecule has 4 rings (SSSR count). The third-order valence-electron chi connectivity index (χ3n) is 7.14. The molecule has 0 radical (unpaired) electrons. The van der Waals surface area contributed by atoms with Crippen molar-refractivity contribution in [1.82, 2.24) is 10.3 Å². The van der Waals surface area contributed by atoms with E-state index in [4.69, 9.17) is 16.3 Å². The van der Waals surface area contributed by atoms with Crippen molar-refractivity contribution in [1.29, 1.82) is 0 Å². The van der Waals surface area contributed by atoms with Crippen LogP contribution in [0.15, 0.2) is 59.5 Å². The lowest BCUT2D eigenvalue weighted by Crippen LogP contribution is -2.52. The van der Waals surface area contributed by atoms with E-state index in [0.717, 1.165) is 44.0 Å². The molecule has 1 aliphatic rings. The minimum atomic E-state index is -0.134. The molecule has 0 saturated heterocycles. The average Bonchev–Trinajstić information content (AvgIpc) is 2.82. The number of aromatic nitrogens is 1. The topological polar surface area (TPSA) is 54.1 Å². The normalized spacial score (nSPS) is 21.9. The molecule has 33 heavy (non-hydrogen) atoms. The smallest absolute Gasteiger partial charge is 0.255 e. The quantitative estimate of drug-likeness (QED) is 0.400. The summed E-state index contributed by atoms with van der Waals surface area (Å²) in [6.45, 7) is 7.85. The number of aromatic amines is 1. The Hall–Kier alpha value is -2.30. The second-order valence-corrected chi connectivity index (χ2v) is 10.2. The highest BCUT2D eigenvalue weighted by Gasteiger charge is 2.43. The Labute approximate surface area is 201 Å². The van der Waals surface area contributed by atoms with Gasteiger partial charge in [-0.25, -0.2) is 0 Å². The molecule has 176 valence electrons. The number of ether oxygens (including phenoxy) is 1. The first-order valence-electron chi connectivity index (χ1n) is 12.2. The molecule has 1 aliphatic carbocycles. The molecule has 2 N–H and O–H groups in total. The van der Waals surface area contributed by atoms with Gasteiger partial charge >= 0.3 is 0 Å². The molecule has 3 aromatic rings. The highest BCUT2D eigenvalue weighted by atomic mass is 35.5. The molecule has 1 fully saturated rings. The van der Waals surface area contributed by atoms with Gasteiger partial charge in [0.25, 0.3) is 5.56 Å². The van der Waals surface area contributed by atoms with Crippen molar-refractivity contribution in [2.75, 3.05) is 6.54 Å². The van der Waals surface area contributed by atoms with Crippen molar-refractivity contribution in [3.8, 4) is 5.75 Å². The molecule has 0 bridgehead atoms. The molecular formula is C28H35ClN2O2.